The first-order valence-corrected chi connectivity index (χ1v) is 6.74. The van der Waals surface area contributed by atoms with Crippen molar-refractivity contribution >= 4 is 51.6 Å². The molecule has 0 aliphatic heterocycles. The molecule has 0 bridgehead atoms. The summed E-state index contributed by atoms with van der Waals surface area (Å²) < 4.78 is 6.07. The minimum atomic E-state index is -0.332. The predicted octanol–water partition coefficient (Wildman–Crippen LogP) is 4.23. The van der Waals surface area contributed by atoms with Crippen molar-refractivity contribution in [2.75, 3.05) is 0 Å². The summed E-state index contributed by atoms with van der Waals surface area (Å²) in [6.07, 6.45) is 3.16. The molecule has 2 rings (SSSR count). The van der Waals surface area contributed by atoms with Crippen LogP contribution in [-0.4, -0.2) is 16.4 Å². The van der Waals surface area contributed by atoms with E-state index in [2.05, 4.69) is 4.98 Å². The third-order valence-corrected chi connectivity index (χ3v) is 4.57. The van der Waals surface area contributed by atoms with Gasteiger partial charge in [-0.1, -0.05) is 34.5 Å². The fourth-order valence-electron chi connectivity index (χ4n) is 1.03. The predicted molar refractivity (Wildman–Crippen MR) is 62.1 cm³/mol. The van der Waals surface area contributed by atoms with Crippen LogP contribution >= 0.6 is 46.3 Å². The second kappa shape index (κ2) is 4.91. The van der Waals surface area contributed by atoms with Crippen molar-refractivity contribution in [3.05, 3.63) is 9.49 Å². The van der Waals surface area contributed by atoms with Crippen LogP contribution in [0.3, 0.4) is 0 Å². The molecule has 0 unspecified atom stereocenters. The minimum Gasteiger partial charge on any atom is -0.454 e. The van der Waals surface area contributed by atoms with Crippen molar-refractivity contribution in [3.8, 4) is 0 Å². The van der Waals surface area contributed by atoms with Crippen LogP contribution in [0.4, 0.5) is 4.79 Å². The number of carbonyl (C=O) groups is 1. The summed E-state index contributed by atoms with van der Waals surface area (Å²) in [4.78, 5) is 15.3. The molecule has 82 valence electrons. The number of thioether (sulfide) groups is 1. The molecule has 0 aromatic carbocycles. The van der Waals surface area contributed by atoms with Crippen molar-refractivity contribution < 1.29 is 9.53 Å². The molecule has 1 aromatic heterocycles. The van der Waals surface area contributed by atoms with E-state index in [0.29, 0.717) is 8.68 Å². The van der Waals surface area contributed by atoms with Crippen LogP contribution in [0, 0.1) is 0 Å². The van der Waals surface area contributed by atoms with E-state index in [1.807, 2.05) is 0 Å². The molecule has 1 aromatic rings. The van der Waals surface area contributed by atoms with Gasteiger partial charge >= 0.3 is 5.30 Å². The van der Waals surface area contributed by atoms with Gasteiger partial charge in [-0.2, -0.15) is 0 Å². The molecule has 3 nitrogen and oxygen atoms in total. The Kier molecular flexibility index (Phi) is 3.77. The number of thiazole rings is 1. The molecule has 1 aliphatic carbocycles. The number of carbonyl (C=O) groups excluding carboxylic acids is 1. The van der Waals surface area contributed by atoms with E-state index in [1.54, 1.807) is 0 Å². The highest BCUT2D eigenvalue weighted by atomic mass is 35.5. The van der Waals surface area contributed by atoms with Crippen LogP contribution in [-0.2, 0) is 4.74 Å². The normalized spacial score (nSPS) is 16.1. The van der Waals surface area contributed by atoms with Gasteiger partial charge in [0, 0.05) is 11.8 Å². The van der Waals surface area contributed by atoms with E-state index in [4.69, 9.17) is 27.9 Å². The fraction of sp³-hybridized carbons (Fsp3) is 0.500. The minimum absolute atomic E-state index is 0.0934. The van der Waals surface area contributed by atoms with E-state index in [-0.39, 0.29) is 16.6 Å². The molecule has 0 saturated heterocycles. The second-order valence-corrected chi connectivity index (χ2v) is 6.21. The van der Waals surface area contributed by atoms with Gasteiger partial charge in [0.15, 0.2) is 9.49 Å². The molecule has 1 aliphatic rings. The van der Waals surface area contributed by atoms with Crippen molar-refractivity contribution in [1.82, 2.24) is 4.98 Å². The Labute approximate surface area is 105 Å². The molecule has 0 N–H and O–H groups in total. The maximum absolute atomic E-state index is 11.4. The summed E-state index contributed by atoms with van der Waals surface area (Å²) in [6.45, 7) is 0. The molecule has 0 amide bonds. The lowest BCUT2D eigenvalue weighted by molar-refractivity contribution is 0.0715. The van der Waals surface area contributed by atoms with E-state index in [0.717, 1.165) is 31.0 Å². The Morgan fingerprint density at radius 3 is 2.73 bits per heavy atom. The average molecular weight is 284 g/mol. The average Bonchev–Trinajstić information content (AvgIpc) is 2.39. The lowest BCUT2D eigenvalue weighted by atomic mass is 9.96. The molecule has 1 fully saturated rings. The summed E-state index contributed by atoms with van der Waals surface area (Å²) in [6, 6.07) is 0. The number of hydrogen-bond donors (Lipinski definition) is 0. The molecule has 0 atom stereocenters. The zero-order chi connectivity index (χ0) is 10.8. The van der Waals surface area contributed by atoms with Crippen LogP contribution in [0.5, 0.6) is 0 Å². The Balaban J connectivity index is 1.87. The summed E-state index contributed by atoms with van der Waals surface area (Å²) in [5.41, 5.74) is 0. The van der Waals surface area contributed by atoms with Gasteiger partial charge in [0.2, 0.25) is 0 Å². The molecule has 15 heavy (non-hydrogen) atoms. The Morgan fingerprint density at radius 1 is 1.53 bits per heavy atom. The number of ether oxygens (including phenoxy) is 1. The summed E-state index contributed by atoms with van der Waals surface area (Å²) in [5, 5.41) is -0.0950. The summed E-state index contributed by atoms with van der Waals surface area (Å²) in [5.74, 6) is 0. The van der Waals surface area contributed by atoms with Crippen molar-refractivity contribution in [2.45, 2.75) is 29.7 Å². The van der Waals surface area contributed by atoms with Gasteiger partial charge in [0.25, 0.3) is 0 Å². The lowest BCUT2D eigenvalue weighted by Crippen LogP contribution is -2.23. The maximum atomic E-state index is 11.4. The topological polar surface area (TPSA) is 39.2 Å². The molecule has 1 saturated carbocycles. The van der Waals surface area contributed by atoms with Crippen LogP contribution in [0.25, 0.3) is 0 Å². The van der Waals surface area contributed by atoms with E-state index < -0.39 is 0 Å². The van der Waals surface area contributed by atoms with Crippen LogP contribution in [0.2, 0.25) is 9.49 Å². The van der Waals surface area contributed by atoms with E-state index in [9.17, 15) is 4.79 Å². The molecule has 0 spiro atoms. The van der Waals surface area contributed by atoms with Gasteiger partial charge in [0.05, 0.1) is 0 Å². The first kappa shape index (κ1) is 11.5. The van der Waals surface area contributed by atoms with Crippen LogP contribution < -0.4 is 0 Å². The first-order chi connectivity index (χ1) is 7.15. The third-order valence-electron chi connectivity index (χ3n) is 2.01. The van der Waals surface area contributed by atoms with Crippen LogP contribution in [0.15, 0.2) is 4.34 Å². The second-order valence-electron chi connectivity index (χ2n) is 3.07. The molecular weight excluding hydrogens is 277 g/mol. The molecular formula is C8H7Cl2NO2S2. The quantitative estimate of drug-likeness (QED) is 0.601. The van der Waals surface area contributed by atoms with E-state index >= 15 is 0 Å². The Morgan fingerprint density at radius 2 is 2.27 bits per heavy atom. The molecule has 7 heteroatoms. The fourth-order valence-corrected chi connectivity index (χ4v) is 3.23. The van der Waals surface area contributed by atoms with Crippen molar-refractivity contribution in [2.24, 2.45) is 0 Å². The van der Waals surface area contributed by atoms with Gasteiger partial charge in [-0.15, -0.1) is 0 Å². The number of hydrogen-bond acceptors (Lipinski definition) is 5. The smallest absolute Gasteiger partial charge is 0.374 e. The largest absolute Gasteiger partial charge is 0.454 e. The van der Waals surface area contributed by atoms with Gasteiger partial charge in [-0.05, 0) is 19.3 Å². The monoisotopic (exact) mass is 283 g/mol. The number of aromatic nitrogens is 1. The van der Waals surface area contributed by atoms with Crippen molar-refractivity contribution in [3.63, 3.8) is 0 Å². The zero-order valence-corrected chi connectivity index (χ0v) is 10.7. The Bertz CT molecular complexity index is 359. The maximum Gasteiger partial charge on any atom is 0.374 e. The molecule has 0 radical (unpaired) electrons. The number of halogens is 2. The van der Waals surface area contributed by atoms with Gasteiger partial charge in [0.1, 0.15) is 10.4 Å². The summed E-state index contributed by atoms with van der Waals surface area (Å²) >= 11 is 13.5. The standard InChI is InChI=1S/C8H7Cl2NO2S2/c9-5-6(10)14-7(11-5)15-8(12)13-4-2-1-3-4/h4H,1-3H2. The van der Waals surface area contributed by atoms with Crippen molar-refractivity contribution in [1.29, 1.82) is 0 Å². The highest BCUT2D eigenvalue weighted by Gasteiger charge is 2.23. The summed E-state index contributed by atoms with van der Waals surface area (Å²) in [7, 11) is 0. The number of nitrogens with zero attached hydrogens (tertiary/aromatic N) is 1. The third kappa shape index (κ3) is 3.00. The highest BCUT2D eigenvalue weighted by molar-refractivity contribution is 8.14. The van der Waals surface area contributed by atoms with Gasteiger partial charge in [-0.25, -0.2) is 9.78 Å². The SMILES string of the molecule is O=C(OC1CCC1)Sc1nc(Cl)c(Cl)s1. The Hall–Kier alpha value is 0.0300. The van der Waals surface area contributed by atoms with Gasteiger partial charge < -0.3 is 4.74 Å². The van der Waals surface area contributed by atoms with Gasteiger partial charge in [-0.3, -0.25) is 0 Å². The lowest BCUT2D eigenvalue weighted by Gasteiger charge is -2.24. The number of rotatable bonds is 2. The first-order valence-electron chi connectivity index (χ1n) is 4.35. The highest BCUT2D eigenvalue weighted by Crippen LogP contribution is 2.35. The van der Waals surface area contributed by atoms with E-state index in [1.165, 1.54) is 11.3 Å². The van der Waals surface area contributed by atoms with Crippen LogP contribution in [0.1, 0.15) is 19.3 Å². The molecule has 1 heterocycles. The zero-order valence-electron chi connectivity index (χ0n) is 7.53.